The van der Waals surface area contributed by atoms with E-state index in [1.807, 2.05) is 30.3 Å². The summed E-state index contributed by atoms with van der Waals surface area (Å²) in [5, 5.41) is 3.17. The molecule has 2 rings (SSSR count). The second-order valence-electron chi connectivity index (χ2n) is 4.01. The first-order chi connectivity index (χ1) is 8.66. The summed E-state index contributed by atoms with van der Waals surface area (Å²) in [6.07, 6.45) is 0. The normalized spacial score (nSPS) is 10.0. The Morgan fingerprint density at radius 1 is 1.17 bits per heavy atom. The number of nitrogens with one attached hydrogen (secondary N) is 1. The number of amides is 1. The van der Waals surface area contributed by atoms with E-state index in [2.05, 4.69) is 5.32 Å². The molecule has 0 heterocycles. The Morgan fingerprint density at radius 2 is 1.89 bits per heavy atom. The van der Waals surface area contributed by atoms with Crippen molar-refractivity contribution in [2.75, 3.05) is 5.32 Å². The molecule has 18 heavy (non-hydrogen) atoms. The van der Waals surface area contributed by atoms with Crippen LogP contribution in [0.2, 0.25) is 0 Å². The smallest absolute Gasteiger partial charge is 0.250 e. The van der Waals surface area contributed by atoms with Gasteiger partial charge in [0.25, 0.3) is 5.91 Å². The summed E-state index contributed by atoms with van der Waals surface area (Å²) in [7, 11) is 5.70. The zero-order chi connectivity index (χ0) is 13.0. The molecule has 0 aliphatic heterocycles. The number of hydrogen-bond donors (Lipinski definition) is 2. The van der Waals surface area contributed by atoms with Gasteiger partial charge in [0.2, 0.25) is 0 Å². The topological polar surface area (TPSA) is 55.1 Å². The predicted molar refractivity (Wildman–Crippen MR) is 74.1 cm³/mol. The molecule has 2 aromatic carbocycles. The van der Waals surface area contributed by atoms with Crippen molar-refractivity contribution in [1.29, 1.82) is 0 Å². The van der Waals surface area contributed by atoms with Crippen LogP contribution >= 0.6 is 0 Å². The summed E-state index contributed by atoms with van der Waals surface area (Å²) in [6, 6.07) is 14.9. The molecule has 4 heteroatoms. The van der Waals surface area contributed by atoms with Crippen LogP contribution in [0.4, 0.5) is 5.69 Å². The molecule has 88 valence electrons. The van der Waals surface area contributed by atoms with Crippen LogP contribution in [0.15, 0.2) is 48.5 Å². The molecule has 0 aromatic heterocycles. The summed E-state index contributed by atoms with van der Waals surface area (Å²) >= 11 is 0. The molecule has 0 saturated carbocycles. The van der Waals surface area contributed by atoms with Gasteiger partial charge in [0.1, 0.15) is 7.85 Å². The maximum atomic E-state index is 11.3. The number of carbonyl (C=O) groups excluding carboxylic acids is 1. The molecule has 2 radical (unpaired) electrons. The Kier molecular flexibility index (Phi) is 3.67. The van der Waals surface area contributed by atoms with Gasteiger partial charge in [-0.1, -0.05) is 41.9 Å². The zero-order valence-electron chi connectivity index (χ0n) is 9.89. The van der Waals surface area contributed by atoms with Gasteiger partial charge in [-0.25, -0.2) is 0 Å². The fraction of sp³-hybridized carbons (Fsp3) is 0.0714. The number of hydrogen-bond acceptors (Lipinski definition) is 2. The molecule has 0 unspecified atom stereocenters. The average molecular weight is 236 g/mol. The van der Waals surface area contributed by atoms with E-state index in [1.165, 1.54) is 0 Å². The van der Waals surface area contributed by atoms with Crippen molar-refractivity contribution in [3.05, 3.63) is 59.7 Å². The van der Waals surface area contributed by atoms with Gasteiger partial charge < -0.3 is 11.1 Å². The summed E-state index contributed by atoms with van der Waals surface area (Å²) in [5.41, 5.74) is 8.13. The number of benzene rings is 2. The van der Waals surface area contributed by atoms with Crippen molar-refractivity contribution >= 4 is 24.9 Å². The second kappa shape index (κ2) is 5.40. The van der Waals surface area contributed by atoms with Gasteiger partial charge in [-0.05, 0) is 17.7 Å². The first kappa shape index (κ1) is 12.2. The van der Waals surface area contributed by atoms with Crippen molar-refractivity contribution in [2.24, 2.45) is 5.73 Å². The summed E-state index contributed by atoms with van der Waals surface area (Å²) in [4.78, 5) is 11.3. The highest BCUT2D eigenvalue weighted by atomic mass is 16.1. The minimum atomic E-state index is -0.467. The van der Waals surface area contributed by atoms with Crippen molar-refractivity contribution < 1.29 is 4.79 Å². The number of primary amides is 1. The molecule has 3 nitrogen and oxygen atoms in total. The van der Waals surface area contributed by atoms with Gasteiger partial charge in [0, 0.05) is 12.2 Å². The van der Waals surface area contributed by atoms with Crippen molar-refractivity contribution in [2.45, 2.75) is 6.54 Å². The third-order valence-corrected chi connectivity index (χ3v) is 2.63. The van der Waals surface area contributed by atoms with Gasteiger partial charge in [0.15, 0.2) is 0 Å². The highest BCUT2D eigenvalue weighted by Crippen LogP contribution is 2.14. The highest BCUT2D eigenvalue weighted by molar-refractivity contribution is 6.32. The lowest BCUT2D eigenvalue weighted by atomic mass is 9.94. The molecule has 0 fully saturated rings. The monoisotopic (exact) mass is 236 g/mol. The molecule has 0 aliphatic carbocycles. The van der Waals surface area contributed by atoms with Crippen LogP contribution in [-0.2, 0) is 6.54 Å². The lowest BCUT2D eigenvalue weighted by Gasteiger charge is -2.11. The van der Waals surface area contributed by atoms with Gasteiger partial charge in [0.05, 0.1) is 5.56 Å². The van der Waals surface area contributed by atoms with E-state index in [-0.39, 0.29) is 0 Å². The molecule has 2 aromatic rings. The maximum absolute atomic E-state index is 11.3. The standard InChI is InChI=1S/C14H13BN2O/c15-11-6-7-12(14(16)18)13(8-11)17-9-10-4-2-1-3-5-10/h1-8,17H,9H2,(H2,16,18). The third-order valence-electron chi connectivity index (χ3n) is 2.63. The average Bonchev–Trinajstić information content (AvgIpc) is 2.37. The van der Waals surface area contributed by atoms with Crippen LogP contribution in [0.1, 0.15) is 15.9 Å². The number of rotatable bonds is 4. The van der Waals surface area contributed by atoms with E-state index in [1.54, 1.807) is 18.2 Å². The van der Waals surface area contributed by atoms with E-state index in [4.69, 9.17) is 13.6 Å². The minimum absolute atomic E-state index is 0.445. The zero-order valence-corrected chi connectivity index (χ0v) is 9.89. The summed E-state index contributed by atoms with van der Waals surface area (Å²) < 4.78 is 0. The van der Waals surface area contributed by atoms with E-state index < -0.39 is 5.91 Å². The Morgan fingerprint density at radius 3 is 2.56 bits per heavy atom. The van der Waals surface area contributed by atoms with Gasteiger partial charge >= 0.3 is 0 Å². The SMILES string of the molecule is [B]c1ccc(C(N)=O)c(NCc2ccccc2)c1. The quantitative estimate of drug-likeness (QED) is 0.783. The molecular weight excluding hydrogens is 223 g/mol. The summed E-state index contributed by atoms with van der Waals surface area (Å²) in [5.74, 6) is -0.467. The number of carbonyl (C=O) groups is 1. The lowest BCUT2D eigenvalue weighted by molar-refractivity contribution is 0.100. The highest BCUT2D eigenvalue weighted by Gasteiger charge is 2.07. The largest absolute Gasteiger partial charge is 0.380 e. The molecular formula is C14H13BN2O. The van der Waals surface area contributed by atoms with Crippen LogP contribution in [-0.4, -0.2) is 13.8 Å². The van der Waals surface area contributed by atoms with Gasteiger partial charge in [-0.2, -0.15) is 0 Å². The molecule has 3 N–H and O–H groups in total. The Bertz CT molecular complexity index is 555. The molecule has 0 atom stereocenters. The van der Waals surface area contributed by atoms with E-state index >= 15 is 0 Å². The Hall–Kier alpha value is -2.23. The fourth-order valence-corrected chi connectivity index (χ4v) is 1.72. The van der Waals surface area contributed by atoms with Crippen LogP contribution < -0.4 is 16.5 Å². The second-order valence-corrected chi connectivity index (χ2v) is 4.01. The van der Waals surface area contributed by atoms with Crippen LogP contribution in [0.5, 0.6) is 0 Å². The maximum Gasteiger partial charge on any atom is 0.250 e. The third kappa shape index (κ3) is 2.91. The minimum Gasteiger partial charge on any atom is -0.380 e. The van der Waals surface area contributed by atoms with Gasteiger partial charge in [-0.3, -0.25) is 4.79 Å². The molecule has 1 amide bonds. The summed E-state index contributed by atoms with van der Waals surface area (Å²) in [6.45, 7) is 0.616. The first-order valence-electron chi connectivity index (χ1n) is 5.64. The van der Waals surface area contributed by atoms with Crippen LogP contribution in [0.3, 0.4) is 0 Å². The van der Waals surface area contributed by atoms with Crippen LogP contribution in [0, 0.1) is 0 Å². The molecule has 0 saturated heterocycles. The Balaban J connectivity index is 2.18. The van der Waals surface area contributed by atoms with E-state index in [0.717, 1.165) is 5.56 Å². The lowest BCUT2D eigenvalue weighted by Crippen LogP contribution is -2.17. The fourth-order valence-electron chi connectivity index (χ4n) is 1.72. The number of nitrogens with two attached hydrogens (primary N) is 1. The van der Waals surface area contributed by atoms with Crippen LogP contribution in [0.25, 0.3) is 0 Å². The van der Waals surface area contributed by atoms with Crippen molar-refractivity contribution in [3.63, 3.8) is 0 Å². The Labute approximate surface area is 107 Å². The molecule has 0 aliphatic rings. The van der Waals surface area contributed by atoms with Crippen molar-refractivity contribution in [1.82, 2.24) is 0 Å². The van der Waals surface area contributed by atoms with Crippen molar-refractivity contribution in [3.8, 4) is 0 Å². The first-order valence-corrected chi connectivity index (χ1v) is 5.64. The van der Waals surface area contributed by atoms with E-state index in [9.17, 15) is 4.79 Å². The number of anilines is 1. The molecule has 0 spiro atoms. The van der Waals surface area contributed by atoms with Gasteiger partial charge in [-0.15, -0.1) is 0 Å². The van der Waals surface area contributed by atoms with E-state index in [0.29, 0.717) is 23.3 Å². The predicted octanol–water partition coefficient (Wildman–Crippen LogP) is 1.19. The molecule has 0 bridgehead atoms.